The predicted molar refractivity (Wildman–Crippen MR) is 552 cm³/mol. The lowest BCUT2D eigenvalue weighted by molar-refractivity contribution is -0.120. The molecule has 4 fully saturated rings. The maximum atomic E-state index is 12.4. The number of aromatic nitrogens is 10. The molecule has 132 heavy (non-hydrogen) atoms. The van der Waals surface area contributed by atoms with E-state index in [0.29, 0.717) is 44.5 Å². The minimum absolute atomic E-state index is 0.0283. The van der Waals surface area contributed by atoms with Crippen LogP contribution in [0.5, 0.6) is 0 Å². The monoisotopic (exact) mass is 1820 g/mol. The molecule has 736 valence electrons. The lowest BCUT2D eigenvalue weighted by atomic mass is 9.86. The molecule has 4 N–H and O–H groups in total. The zero-order valence-electron chi connectivity index (χ0n) is 88.3. The van der Waals surface area contributed by atoms with Gasteiger partial charge >= 0.3 is 0 Å². The number of piperazine rings is 1. The van der Waals surface area contributed by atoms with Crippen LogP contribution in [0.2, 0.25) is 0 Å². The number of likely N-dealkylation sites (tertiary alicyclic amines) is 2. The second-order valence-corrected chi connectivity index (χ2v) is 45.4. The number of carbonyl (C=O) groups excluding carboxylic acids is 3. The molecular weight excluding hydrogens is 1640 g/mol. The van der Waals surface area contributed by atoms with Crippen molar-refractivity contribution in [3.05, 3.63) is 191 Å². The molecule has 0 saturated carbocycles. The molecule has 12 rings (SSSR count). The smallest absolute Gasteiger partial charge is 0.253 e. The van der Waals surface area contributed by atoms with Gasteiger partial charge in [-0.2, -0.15) is 15.3 Å². The highest BCUT2D eigenvalue weighted by molar-refractivity contribution is 5.94. The Morgan fingerprint density at radius 2 is 0.841 bits per heavy atom. The van der Waals surface area contributed by atoms with Crippen LogP contribution in [0.4, 0.5) is 17.5 Å². The van der Waals surface area contributed by atoms with Crippen molar-refractivity contribution in [3.8, 4) is 0 Å². The van der Waals surface area contributed by atoms with E-state index in [2.05, 4.69) is 315 Å². The van der Waals surface area contributed by atoms with E-state index in [-0.39, 0.29) is 73.1 Å². The molecule has 8 aromatic rings. The Kier molecular flexibility index (Phi) is 46.3. The summed E-state index contributed by atoms with van der Waals surface area (Å²) in [5.74, 6) is 4.03. The minimum atomic E-state index is -0.289. The lowest BCUT2D eigenvalue weighted by Gasteiger charge is -2.36. The molecule has 11 heterocycles. The first-order valence-electron chi connectivity index (χ1n) is 49.8. The molecule has 2 atom stereocenters. The van der Waals surface area contributed by atoms with E-state index >= 15 is 0 Å². The Hall–Kier alpha value is -8.54. The molecule has 22 heteroatoms. The van der Waals surface area contributed by atoms with Crippen molar-refractivity contribution in [1.29, 1.82) is 0 Å². The van der Waals surface area contributed by atoms with Crippen LogP contribution >= 0.6 is 0 Å². The van der Waals surface area contributed by atoms with Crippen LogP contribution < -0.4 is 15.5 Å². The number of hydrogen-bond acceptors (Lipinski definition) is 17. The van der Waals surface area contributed by atoms with Crippen molar-refractivity contribution in [2.24, 2.45) is 5.92 Å². The number of pyridine rings is 4. The number of piperidine rings is 3. The van der Waals surface area contributed by atoms with Crippen molar-refractivity contribution in [2.45, 2.75) is 379 Å². The second kappa shape index (κ2) is 53.7. The van der Waals surface area contributed by atoms with Crippen molar-refractivity contribution in [3.63, 3.8) is 0 Å². The van der Waals surface area contributed by atoms with Crippen molar-refractivity contribution < 1.29 is 24.6 Å². The molecule has 7 aromatic heterocycles. The highest BCUT2D eigenvalue weighted by Crippen LogP contribution is 2.31. The van der Waals surface area contributed by atoms with Gasteiger partial charge in [-0.15, -0.1) is 0 Å². The largest absolute Gasteiger partial charge is 0.391 e. The van der Waals surface area contributed by atoms with Crippen LogP contribution in [0, 0.1) is 5.92 Å². The number of aliphatic hydroxyl groups is 2. The number of ketones is 1. The van der Waals surface area contributed by atoms with Gasteiger partial charge in [-0.05, 0) is 234 Å². The zero-order chi connectivity index (χ0) is 98.6. The average molecular weight is 1820 g/mol. The summed E-state index contributed by atoms with van der Waals surface area (Å²) in [6, 6.07) is 25.3. The summed E-state index contributed by atoms with van der Waals surface area (Å²) in [5.41, 5.74) is 12.8. The van der Waals surface area contributed by atoms with Crippen LogP contribution in [0.15, 0.2) is 135 Å². The summed E-state index contributed by atoms with van der Waals surface area (Å²) < 4.78 is 5.64. The Morgan fingerprint density at radius 3 is 1.23 bits per heavy atom. The molecule has 0 radical (unpaired) electrons. The molecule has 2 amide bonds. The molecule has 4 aliphatic rings. The highest BCUT2D eigenvalue weighted by atomic mass is 16.3. The van der Waals surface area contributed by atoms with Crippen LogP contribution in [0.1, 0.15) is 352 Å². The number of aryl methyl sites for hydroxylation is 1. The van der Waals surface area contributed by atoms with Crippen molar-refractivity contribution >= 4 is 35.1 Å². The molecule has 0 unspecified atom stereocenters. The van der Waals surface area contributed by atoms with E-state index in [1.54, 1.807) is 0 Å². The van der Waals surface area contributed by atoms with Gasteiger partial charge in [0.15, 0.2) is 5.78 Å². The van der Waals surface area contributed by atoms with Crippen molar-refractivity contribution in [1.82, 2.24) is 68.9 Å². The Morgan fingerprint density at radius 1 is 0.424 bits per heavy atom. The van der Waals surface area contributed by atoms with E-state index in [9.17, 15) is 24.6 Å². The summed E-state index contributed by atoms with van der Waals surface area (Å²) in [5, 5.41) is 37.8. The number of amides is 2. The third-order valence-electron chi connectivity index (χ3n) is 24.5. The third-order valence-corrected chi connectivity index (χ3v) is 24.5. The Bertz CT molecular complexity index is 4480. The van der Waals surface area contributed by atoms with E-state index in [0.717, 1.165) is 133 Å². The summed E-state index contributed by atoms with van der Waals surface area (Å²) in [4.78, 5) is 65.9. The van der Waals surface area contributed by atoms with Crippen LogP contribution in [0.3, 0.4) is 0 Å². The lowest BCUT2D eigenvalue weighted by Crippen LogP contribution is -2.50. The third kappa shape index (κ3) is 42.6. The fourth-order valence-corrected chi connectivity index (χ4v) is 14.7. The second-order valence-electron chi connectivity index (χ2n) is 45.4. The van der Waals surface area contributed by atoms with Gasteiger partial charge in [0.1, 0.15) is 17.5 Å². The molecule has 0 bridgehead atoms. The first-order chi connectivity index (χ1) is 61.6. The summed E-state index contributed by atoms with van der Waals surface area (Å²) in [6.45, 7) is 81.8. The number of nitrogens with one attached hydrogen (secondary N) is 2. The van der Waals surface area contributed by atoms with Gasteiger partial charge in [0.05, 0.1) is 63.4 Å². The number of benzene rings is 1. The standard InChI is InChI=1S/C19H31N3O.C17H27N3O.C16H23NO.C14H22N2.C12H20N2.2C11H20N2O.C10H18N2/c1-15(2)22-10-8-21(9-11-22)14-18(23)12-17-7-6-16(13-20-17)19(3,4)5;1-13-7-9-20(10-8-13)12-16(21)19-15-6-5-14(11-18-15)17(2,3)4;1-16(2,3)14-9-7-8-13(12-14)15(18)17-10-5-4-6-11-17;1-14(2,3)12-7-8-13(15-11-12)16-9-5-4-6-10-16;1-5-8-13-11-7-6-10(9-14-11)12(2,3)4;2*1-5-10(14)8-13-7-9(6-12-13)11(2,3)4;1-5-6-12-8-9(7-11-12)10(2,3)4/h6-7,13,15H,8-12,14H2,1-5H3;5-6,11,13H,7-10,12H2,1-4H3,(H,18,19,21);7-9,12H,4-6,10-11H2,1-3H3;7-8,11H,4-6,9-10H2,1-3H3;6-7,9H,5,8H2,1-4H3,(H,13,14);2*6-7,10,14H,5,8H2,1-4H3;7-8H,5-6H2,1-4H3/t;;;;;2*10-;/m.....10./s1. The van der Waals surface area contributed by atoms with Gasteiger partial charge in [-0.25, -0.2) is 15.0 Å². The van der Waals surface area contributed by atoms with Crippen molar-refractivity contribution in [2.75, 3.05) is 101 Å². The molecule has 4 saturated heterocycles. The first-order valence-corrected chi connectivity index (χ1v) is 49.8. The average Bonchev–Trinajstić information content (AvgIpc) is 0.988. The summed E-state index contributed by atoms with van der Waals surface area (Å²) in [7, 11) is 0. The number of hydrogen-bond donors (Lipinski definition) is 4. The number of rotatable bonds is 21. The van der Waals surface area contributed by atoms with Gasteiger partial charge in [0, 0.05) is 126 Å². The van der Waals surface area contributed by atoms with E-state index in [1.165, 1.54) is 96.1 Å². The number of Topliss-reactive ketones (excluding diaryl/α,β-unsaturated/α-hetero) is 1. The Labute approximate surface area is 800 Å². The van der Waals surface area contributed by atoms with Gasteiger partial charge in [-0.3, -0.25) is 48.1 Å². The molecule has 1 aromatic carbocycles. The summed E-state index contributed by atoms with van der Waals surface area (Å²) >= 11 is 0. The molecular formula is C110H181N17O5. The normalized spacial score (nSPS) is 15.7. The van der Waals surface area contributed by atoms with Gasteiger partial charge in [0.2, 0.25) is 5.91 Å². The topological polar surface area (TPSA) is 237 Å². The summed E-state index contributed by atoms with van der Waals surface area (Å²) in [6.07, 6.45) is 33.2. The quantitative estimate of drug-likeness (QED) is 0.0523. The number of anilines is 3. The highest BCUT2D eigenvalue weighted by Gasteiger charge is 2.27. The maximum absolute atomic E-state index is 12.4. The first kappa shape index (κ1) is 114. The van der Waals surface area contributed by atoms with Gasteiger partial charge in [0.25, 0.3) is 5.91 Å². The number of aliphatic hydroxyl groups excluding tert-OH is 2. The molecule has 0 spiro atoms. The fraction of sp³-hybridized carbons (Fsp3) is 0.655. The Balaban J connectivity index is 0.000000269. The van der Waals surface area contributed by atoms with Crippen LogP contribution in [-0.2, 0) is 79.0 Å². The van der Waals surface area contributed by atoms with E-state index in [4.69, 9.17) is 0 Å². The van der Waals surface area contributed by atoms with Gasteiger partial charge in [-0.1, -0.05) is 237 Å². The molecule has 22 nitrogen and oxygen atoms in total. The zero-order valence-corrected chi connectivity index (χ0v) is 88.3. The van der Waals surface area contributed by atoms with Crippen LogP contribution in [0.25, 0.3) is 0 Å². The van der Waals surface area contributed by atoms with E-state index < -0.39 is 0 Å². The number of carbonyl (C=O) groups is 3. The van der Waals surface area contributed by atoms with Gasteiger partial charge < -0.3 is 30.6 Å². The molecule has 0 aliphatic carbocycles. The minimum Gasteiger partial charge on any atom is -0.391 e. The maximum Gasteiger partial charge on any atom is 0.253 e. The number of nitrogens with zero attached hydrogens (tertiary/aromatic N) is 15. The fourth-order valence-electron chi connectivity index (χ4n) is 14.7. The van der Waals surface area contributed by atoms with Crippen LogP contribution in [-0.4, -0.2) is 200 Å². The predicted octanol–water partition coefficient (Wildman–Crippen LogP) is 22.2. The molecule has 4 aliphatic heterocycles. The van der Waals surface area contributed by atoms with E-state index in [1.807, 2.05) is 119 Å². The SMILES string of the molecule is CC(C)(C)c1ccc(N2CCCCC2)nc1.CC(C)(C)c1cccc(C(=O)N2CCCCC2)c1.CC(C)N1CCN(CC(=O)Cc2ccc(C(C)(C)C)cn2)CC1.CC1CCN(CC(=O)Nc2ccc(C(C)(C)C)cn2)CC1.CCCNc1ccc(C(C)(C)C)cn1.CCCn1cc(C(C)(C)C)cn1.CC[C@@H](O)Cn1cc(C(C)(C)C)cn1.CC[C@H](O)Cn1cc(C(C)(C)C)cn1.